The van der Waals surface area contributed by atoms with Crippen LogP contribution in [0.2, 0.25) is 0 Å². The maximum absolute atomic E-state index is 10.9. The lowest BCUT2D eigenvalue weighted by Gasteiger charge is -2.09. The van der Waals surface area contributed by atoms with Gasteiger partial charge in [-0.2, -0.15) is 0 Å². The Morgan fingerprint density at radius 1 is 1.24 bits per heavy atom. The van der Waals surface area contributed by atoms with Crippen LogP contribution in [-0.4, -0.2) is 12.9 Å². The first kappa shape index (κ1) is 10.3. The lowest BCUT2D eigenvalue weighted by atomic mass is 10.1. The highest BCUT2D eigenvalue weighted by Gasteiger charge is 2.22. The molecule has 2 aromatic rings. The molecule has 0 bridgehead atoms. The van der Waals surface area contributed by atoms with Crippen molar-refractivity contribution in [2.75, 3.05) is 6.61 Å². The second kappa shape index (κ2) is 4.21. The summed E-state index contributed by atoms with van der Waals surface area (Å²) in [6.07, 6.45) is 3.41. The monoisotopic (exact) mass is 226 g/mol. The minimum absolute atomic E-state index is 0.675. The minimum Gasteiger partial charge on any atom is -0.493 e. The molecule has 3 rings (SSSR count). The molecule has 0 radical (unpaired) electrons. The van der Waals surface area contributed by atoms with Crippen LogP contribution in [0.5, 0.6) is 5.75 Å². The molecule has 86 valence electrons. The predicted molar refractivity (Wildman–Crippen MR) is 67.6 cm³/mol. The second-order valence-electron chi connectivity index (χ2n) is 4.61. The van der Waals surface area contributed by atoms with Gasteiger partial charge in [-0.1, -0.05) is 24.3 Å². The maximum Gasteiger partial charge on any atom is 0.150 e. The molecule has 0 amide bonds. The van der Waals surface area contributed by atoms with Crippen molar-refractivity contribution in [3.63, 3.8) is 0 Å². The highest BCUT2D eigenvalue weighted by Crippen LogP contribution is 2.32. The molecule has 1 aliphatic rings. The van der Waals surface area contributed by atoms with Crippen molar-refractivity contribution in [3.05, 3.63) is 42.0 Å². The summed E-state index contributed by atoms with van der Waals surface area (Å²) in [6.45, 7) is 0.770. The molecule has 0 atom stereocenters. The first-order chi connectivity index (χ1) is 8.36. The predicted octanol–water partition coefficient (Wildman–Crippen LogP) is 3.44. The summed E-state index contributed by atoms with van der Waals surface area (Å²) in [4.78, 5) is 10.9. The van der Waals surface area contributed by atoms with Gasteiger partial charge in [0.2, 0.25) is 0 Å². The van der Waals surface area contributed by atoms with Crippen LogP contribution < -0.4 is 4.74 Å². The van der Waals surface area contributed by atoms with Crippen LogP contribution in [0, 0.1) is 5.92 Å². The number of aldehydes is 1. The van der Waals surface area contributed by atoms with Crippen molar-refractivity contribution >= 4 is 17.1 Å². The lowest BCUT2D eigenvalue weighted by molar-refractivity contribution is 0.112. The molecule has 2 aromatic carbocycles. The summed E-state index contributed by atoms with van der Waals surface area (Å²) in [5.41, 5.74) is 0.675. The van der Waals surface area contributed by atoms with Gasteiger partial charge in [0.1, 0.15) is 12.0 Å². The van der Waals surface area contributed by atoms with Crippen molar-refractivity contribution < 1.29 is 9.53 Å². The molecule has 0 unspecified atom stereocenters. The molecule has 1 fully saturated rings. The Balaban J connectivity index is 2.02. The van der Waals surface area contributed by atoms with Crippen molar-refractivity contribution in [1.82, 2.24) is 0 Å². The van der Waals surface area contributed by atoms with Gasteiger partial charge in [-0.25, -0.2) is 0 Å². The quantitative estimate of drug-likeness (QED) is 0.746. The highest BCUT2D eigenvalue weighted by molar-refractivity contribution is 5.93. The summed E-state index contributed by atoms with van der Waals surface area (Å²) in [5, 5.41) is 2.14. The fourth-order valence-electron chi connectivity index (χ4n) is 1.98. The van der Waals surface area contributed by atoms with E-state index >= 15 is 0 Å². The normalized spacial score (nSPS) is 14.8. The molecular formula is C15H14O2. The average Bonchev–Trinajstić information content (AvgIpc) is 3.19. The number of hydrogen-bond acceptors (Lipinski definition) is 2. The Morgan fingerprint density at radius 2 is 2.06 bits per heavy atom. The third kappa shape index (κ3) is 2.16. The average molecular weight is 226 g/mol. The summed E-state index contributed by atoms with van der Waals surface area (Å²) in [6, 6.07) is 11.7. The Bertz CT molecular complexity index is 556. The van der Waals surface area contributed by atoms with E-state index < -0.39 is 0 Å². The largest absolute Gasteiger partial charge is 0.493 e. The van der Waals surface area contributed by atoms with E-state index in [1.165, 1.54) is 12.8 Å². The standard InChI is InChI=1S/C15H14O2/c16-9-12-7-13-3-1-2-4-14(13)15(8-12)17-10-11-5-6-11/h1-4,7-9,11H,5-6,10H2. The molecule has 1 saturated carbocycles. The first-order valence-corrected chi connectivity index (χ1v) is 5.97. The van der Waals surface area contributed by atoms with Gasteiger partial charge in [0, 0.05) is 10.9 Å². The molecule has 0 N–H and O–H groups in total. The molecule has 0 saturated heterocycles. The van der Waals surface area contributed by atoms with Gasteiger partial charge in [0.15, 0.2) is 0 Å². The number of benzene rings is 2. The van der Waals surface area contributed by atoms with E-state index in [1.807, 2.05) is 36.4 Å². The first-order valence-electron chi connectivity index (χ1n) is 5.97. The van der Waals surface area contributed by atoms with Crippen LogP contribution >= 0.6 is 0 Å². The summed E-state index contributed by atoms with van der Waals surface area (Å²) in [7, 11) is 0. The lowest BCUT2D eigenvalue weighted by Crippen LogP contribution is -2.00. The van der Waals surface area contributed by atoms with Crippen LogP contribution in [0.1, 0.15) is 23.2 Å². The van der Waals surface area contributed by atoms with Crippen molar-refractivity contribution in [1.29, 1.82) is 0 Å². The third-order valence-electron chi connectivity index (χ3n) is 3.15. The maximum atomic E-state index is 10.9. The van der Waals surface area contributed by atoms with Crippen LogP contribution in [0.25, 0.3) is 10.8 Å². The van der Waals surface area contributed by atoms with E-state index in [2.05, 4.69) is 0 Å². The van der Waals surface area contributed by atoms with E-state index in [-0.39, 0.29) is 0 Å². The van der Waals surface area contributed by atoms with Gasteiger partial charge < -0.3 is 4.74 Å². The number of ether oxygens (including phenoxy) is 1. The second-order valence-corrected chi connectivity index (χ2v) is 4.61. The summed E-state index contributed by atoms with van der Waals surface area (Å²) in [5.74, 6) is 1.55. The highest BCUT2D eigenvalue weighted by atomic mass is 16.5. The number of fused-ring (bicyclic) bond motifs is 1. The fourth-order valence-corrected chi connectivity index (χ4v) is 1.98. The SMILES string of the molecule is O=Cc1cc(OCC2CC2)c2ccccc2c1. The van der Waals surface area contributed by atoms with Crippen LogP contribution in [0.3, 0.4) is 0 Å². The number of carbonyl (C=O) groups excluding carboxylic acids is 1. The van der Waals surface area contributed by atoms with Crippen molar-refractivity contribution in [2.45, 2.75) is 12.8 Å². The number of rotatable bonds is 4. The van der Waals surface area contributed by atoms with Gasteiger partial charge in [0.05, 0.1) is 6.61 Å². The van der Waals surface area contributed by atoms with Crippen LogP contribution in [-0.2, 0) is 0 Å². The van der Waals surface area contributed by atoms with Gasteiger partial charge >= 0.3 is 0 Å². The van der Waals surface area contributed by atoms with Crippen molar-refractivity contribution in [2.24, 2.45) is 5.92 Å². The Labute approximate surface area is 100 Å². The third-order valence-corrected chi connectivity index (χ3v) is 3.15. The Morgan fingerprint density at radius 3 is 2.82 bits per heavy atom. The molecule has 17 heavy (non-hydrogen) atoms. The zero-order valence-corrected chi connectivity index (χ0v) is 9.56. The summed E-state index contributed by atoms with van der Waals surface area (Å²) < 4.78 is 5.83. The minimum atomic E-state index is 0.675. The van der Waals surface area contributed by atoms with E-state index in [0.717, 1.165) is 29.4 Å². The van der Waals surface area contributed by atoms with Gasteiger partial charge in [0.25, 0.3) is 0 Å². The van der Waals surface area contributed by atoms with E-state index in [1.54, 1.807) is 0 Å². The Kier molecular flexibility index (Phi) is 2.56. The zero-order valence-electron chi connectivity index (χ0n) is 9.56. The van der Waals surface area contributed by atoms with Crippen LogP contribution in [0.15, 0.2) is 36.4 Å². The van der Waals surface area contributed by atoms with Gasteiger partial charge in [-0.15, -0.1) is 0 Å². The summed E-state index contributed by atoms with van der Waals surface area (Å²) >= 11 is 0. The zero-order chi connectivity index (χ0) is 11.7. The van der Waals surface area contributed by atoms with Gasteiger partial charge in [-0.3, -0.25) is 4.79 Å². The van der Waals surface area contributed by atoms with Crippen LogP contribution in [0.4, 0.5) is 0 Å². The number of hydrogen-bond donors (Lipinski definition) is 0. The molecule has 1 aliphatic carbocycles. The Hall–Kier alpha value is -1.83. The molecule has 0 heterocycles. The van der Waals surface area contributed by atoms with E-state index in [4.69, 9.17) is 4.74 Å². The molecule has 0 aromatic heterocycles. The fraction of sp³-hybridized carbons (Fsp3) is 0.267. The molecular weight excluding hydrogens is 212 g/mol. The topological polar surface area (TPSA) is 26.3 Å². The molecule has 2 heteroatoms. The number of carbonyl (C=O) groups is 1. The van der Waals surface area contributed by atoms with Gasteiger partial charge in [-0.05, 0) is 36.3 Å². The van der Waals surface area contributed by atoms with E-state index in [0.29, 0.717) is 11.5 Å². The van der Waals surface area contributed by atoms with Crippen molar-refractivity contribution in [3.8, 4) is 5.75 Å². The van der Waals surface area contributed by atoms with E-state index in [9.17, 15) is 4.79 Å². The molecule has 0 aliphatic heterocycles. The molecule has 0 spiro atoms. The molecule has 2 nitrogen and oxygen atoms in total. The smallest absolute Gasteiger partial charge is 0.150 e.